The lowest BCUT2D eigenvalue weighted by Gasteiger charge is -2.17. The molecule has 31 heavy (non-hydrogen) atoms. The molecule has 1 saturated carbocycles. The van der Waals surface area contributed by atoms with Crippen LogP contribution in [0.15, 0.2) is 42.5 Å². The highest BCUT2D eigenvalue weighted by molar-refractivity contribution is 6.02. The van der Waals surface area contributed by atoms with Crippen LogP contribution < -0.4 is 20.1 Å². The van der Waals surface area contributed by atoms with E-state index >= 15 is 0 Å². The second-order valence-corrected chi connectivity index (χ2v) is 8.24. The normalized spacial score (nSPS) is 20.9. The number of carbonyl (C=O) groups is 1. The number of carbonyl (C=O) groups excluding carboxylic acids is 1. The van der Waals surface area contributed by atoms with E-state index in [1.54, 1.807) is 12.1 Å². The topological polar surface area (TPSA) is 83.4 Å². The first-order valence-corrected chi connectivity index (χ1v) is 9.92. The van der Waals surface area contributed by atoms with Gasteiger partial charge in [0.1, 0.15) is 6.07 Å². The first-order valence-electron chi connectivity index (χ1n) is 9.92. The SMILES string of the molecule is C=C(C)C1Cc2c(ccc(NC(=O)C3(c4ccc5c(c4)OC(F)(F)O5)CC3)c2C#N)N1. The molecule has 0 saturated heterocycles. The Morgan fingerprint density at radius 2 is 2.00 bits per heavy atom. The standard InChI is InChI=1S/C23H19F2N3O3/c1-12(2)18-10-14-15(11-26)17(5-4-16(14)27-18)28-21(29)22(7-8-22)13-3-6-19-20(9-13)31-23(24,25)30-19/h3-6,9,18,27H,1,7-8,10H2,2H3,(H,28,29). The van der Waals surface area contributed by atoms with Gasteiger partial charge >= 0.3 is 6.29 Å². The number of nitrogens with zero attached hydrogens (tertiary/aromatic N) is 1. The van der Waals surface area contributed by atoms with Crippen molar-refractivity contribution < 1.29 is 23.0 Å². The van der Waals surface area contributed by atoms with E-state index in [9.17, 15) is 18.8 Å². The highest BCUT2D eigenvalue weighted by Gasteiger charge is 2.53. The van der Waals surface area contributed by atoms with Crippen molar-refractivity contribution in [1.29, 1.82) is 5.26 Å². The van der Waals surface area contributed by atoms with E-state index in [0.29, 0.717) is 36.1 Å². The summed E-state index contributed by atoms with van der Waals surface area (Å²) >= 11 is 0. The molecule has 0 aromatic heterocycles. The van der Waals surface area contributed by atoms with E-state index in [-0.39, 0.29) is 23.4 Å². The molecule has 0 spiro atoms. The van der Waals surface area contributed by atoms with Gasteiger partial charge in [-0.25, -0.2) is 0 Å². The molecule has 1 amide bonds. The Hall–Kier alpha value is -3.60. The lowest BCUT2D eigenvalue weighted by Crippen LogP contribution is -2.28. The molecule has 1 atom stereocenters. The zero-order valence-corrected chi connectivity index (χ0v) is 16.7. The van der Waals surface area contributed by atoms with Crippen LogP contribution in [0.3, 0.4) is 0 Å². The molecule has 0 bridgehead atoms. The number of hydrogen-bond donors (Lipinski definition) is 2. The highest BCUT2D eigenvalue weighted by atomic mass is 19.3. The number of hydrogen-bond acceptors (Lipinski definition) is 5. The Morgan fingerprint density at radius 1 is 1.26 bits per heavy atom. The number of amides is 1. The maximum Gasteiger partial charge on any atom is 0.586 e. The van der Waals surface area contributed by atoms with Crippen LogP contribution in [0.1, 0.15) is 36.5 Å². The fourth-order valence-corrected chi connectivity index (χ4v) is 4.23. The van der Waals surface area contributed by atoms with Gasteiger partial charge in [0.15, 0.2) is 11.5 Å². The quantitative estimate of drug-likeness (QED) is 0.710. The van der Waals surface area contributed by atoms with Crippen molar-refractivity contribution >= 4 is 17.3 Å². The smallest absolute Gasteiger partial charge is 0.395 e. The molecule has 3 aliphatic rings. The number of alkyl halides is 2. The van der Waals surface area contributed by atoms with Crippen LogP contribution >= 0.6 is 0 Å². The fourth-order valence-electron chi connectivity index (χ4n) is 4.23. The van der Waals surface area contributed by atoms with E-state index in [2.05, 4.69) is 32.8 Å². The third kappa shape index (κ3) is 3.08. The van der Waals surface area contributed by atoms with Crippen LogP contribution in [-0.4, -0.2) is 18.2 Å². The van der Waals surface area contributed by atoms with E-state index < -0.39 is 11.7 Å². The molecule has 158 valence electrons. The zero-order chi connectivity index (χ0) is 22.0. The Balaban J connectivity index is 1.41. The van der Waals surface area contributed by atoms with Crippen LogP contribution in [0.5, 0.6) is 11.5 Å². The Labute approximate surface area is 177 Å². The van der Waals surface area contributed by atoms with Gasteiger partial charge < -0.3 is 20.1 Å². The summed E-state index contributed by atoms with van der Waals surface area (Å²) in [5, 5.41) is 16.0. The molecule has 2 N–H and O–H groups in total. The van der Waals surface area contributed by atoms with Crippen molar-refractivity contribution in [2.24, 2.45) is 0 Å². The lowest BCUT2D eigenvalue weighted by molar-refractivity contribution is -0.286. The van der Waals surface area contributed by atoms with Crippen LogP contribution in [0.4, 0.5) is 20.2 Å². The first kappa shape index (κ1) is 19.4. The van der Waals surface area contributed by atoms with Gasteiger partial charge in [-0.05, 0) is 61.6 Å². The molecule has 2 aromatic carbocycles. The van der Waals surface area contributed by atoms with Gasteiger partial charge in [0.2, 0.25) is 5.91 Å². The number of nitrogens with one attached hydrogen (secondary N) is 2. The summed E-state index contributed by atoms with van der Waals surface area (Å²) in [7, 11) is 0. The van der Waals surface area contributed by atoms with Gasteiger partial charge in [-0.15, -0.1) is 8.78 Å². The van der Waals surface area contributed by atoms with E-state index in [4.69, 9.17) is 0 Å². The number of anilines is 2. The summed E-state index contributed by atoms with van der Waals surface area (Å²) in [4.78, 5) is 13.2. The van der Waals surface area contributed by atoms with Gasteiger partial charge in [0.05, 0.1) is 22.7 Å². The van der Waals surface area contributed by atoms with Crippen molar-refractivity contribution in [3.05, 3.63) is 59.2 Å². The molecular formula is C23H19F2N3O3. The van der Waals surface area contributed by atoms with E-state index in [1.807, 2.05) is 13.0 Å². The molecular weight excluding hydrogens is 404 g/mol. The molecule has 2 aliphatic heterocycles. The van der Waals surface area contributed by atoms with Crippen molar-refractivity contribution in [3.63, 3.8) is 0 Å². The minimum absolute atomic E-state index is 0.0505. The second-order valence-electron chi connectivity index (χ2n) is 8.24. The van der Waals surface area contributed by atoms with Crippen LogP contribution in [-0.2, 0) is 16.6 Å². The molecule has 6 nitrogen and oxygen atoms in total. The average molecular weight is 423 g/mol. The number of benzene rings is 2. The second kappa shape index (κ2) is 6.45. The predicted molar refractivity (Wildman–Crippen MR) is 109 cm³/mol. The number of nitriles is 1. The summed E-state index contributed by atoms with van der Waals surface area (Å²) in [6.07, 6.45) is -1.94. The van der Waals surface area contributed by atoms with Crippen molar-refractivity contribution in [1.82, 2.24) is 0 Å². The molecule has 2 heterocycles. The molecule has 8 heteroatoms. The van der Waals surface area contributed by atoms with E-state index in [0.717, 1.165) is 16.8 Å². The number of ether oxygens (including phenoxy) is 2. The summed E-state index contributed by atoms with van der Waals surface area (Å²) in [5.74, 6) is -0.430. The number of halogens is 2. The minimum Gasteiger partial charge on any atom is -0.395 e. The summed E-state index contributed by atoms with van der Waals surface area (Å²) < 4.78 is 35.6. The van der Waals surface area contributed by atoms with Gasteiger partial charge in [0.25, 0.3) is 0 Å². The fraction of sp³-hybridized carbons (Fsp3) is 0.304. The van der Waals surface area contributed by atoms with Crippen LogP contribution in [0.2, 0.25) is 0 Å². The Bertz CT molecular complexity index is 1180. The van der Waals surface area contributed by atoms with Gasteiger partial charge in [-0.3, -0.25) is 4.79 Å². The molecule has 2 aromatic rings. The number of fused-ring (bicyclic) bond motifs is 2. The van der Waals surface area contributed by atoms with Crippen molar-refractivity contribution in [2.75, 3.05) is 10.6 Å². The molecule has 1 unspecified atom stereocenters. The molecule has 1 fully saturated rings. The predicted octanol–water partition coefficient (Wildman–Crippen LogP) is 4.46. The Kier molecular flexibility index (Phi) is 4.03. The molecule has 1 aliphatic carbocycles. The zero-order valence-electron chi connectivity index (χ0n) is 16.7. The summed E-state index contributed by atoms with van der Waals surface area (Å²) in [6.45, 7) is 5.90. The van der Waals surface area contributed by atoms with Crippen LogP contribution in [0, 0.1) is 11.3 Å². The minimum atomic E-state index is -3.71. The van der Waals surface area contributed by atoms with Crippen molar-refractivity contribution in [3.8, 4) is 17.6 Å². The maximum absolute atomic E-state index is 13.3. The van der Waals surface area contributed by atoms with E-state index in [1.165, 1.54) is 12.1 Å². The molecule has 0 radical (unpaired) electrons. The number of rotatable bonds is 4. The third-order valence-electron chi connectivity index (χ3n) is 6.14. The lowest BCUT2D eigenvalue weighted by atomic mass is 9.93. The highest BCUT2D eigenvalue weighted by Crippen LogP contribution is 2.52. The maximum atomic E-state index is 13.3. The van der Waals surface area contributed by atoms with Gasteiger partial charge in [-0.1, -0.05) is 18.2 Å². The first-order chi connectivity index (χ1) is 14.7. The molecule has 5 rings (SSSR count). The largest absolute Gasteiger partial charge is 0.586 e. The van der Waals surface area contributed by atoms with Gasteiger partial charge in [-0.2, -0.15) is 5.26 Å². The van der Waals surface area contributed by atoms with Crippen LogP contribution in [0.25, 0.3) is 0 Å². The average Bonchev–Trinajstić information content (AvgIpc) is 3.30. The van der Waals surface area contributed by atoms with Crippen molar-refractivity contribution in [2.45, 2.75) is 43.9 Å². The monoisotopic (exact) mass is 423 g/mol. The summed E-state index contributed by atoms with van der Waals surface area (Å²) in [6, 6.07) is 10.2. The van der Waals surface area contributed by atoms with Gasteiger partial charge in [0, 0.05) is 5.69 Å². The summed E-state index contributed by atoms with van der Waals surface area (Å²) in [5.41, 5.74) is 3.27. The Morgan fingerprint density at radius 3 is 2.68 bits per heavy atom. The third-order valence-corrected chi connectivity index (χ3v) is 6.14.